The molecule has 0 fully saturated rings. The Hall–Kier alpha value is -3.03. The number of halogens is 1. The molecule has 0 spiro atoms. The number of tetrazole rings is 1. The fourth-order valence-corrected chi connectivity index (χ4v) is 5.38. The number of fused-ring (bicyclic) bond motifs is 1. The number of ether oxygens (including phenoxy) is 1. The molecule has 10 nitrogen and oxygen atoms in total. The second-order valence-electron chi connectivity index (χ2n) is 6.53. The highest BCUT2D eigenvalue weighted by Gasteiger charge is 2.38. The van der Waals surface area contributed by atoms with E-state index in [9.17, 15) is 4.79 Å². The summed E-state index contributed by atoms with van der Waals surface area (Å²) < 4.78 is 13.6. The van der Waals surface area contributed by atoms with Gasteiger partial charge in [0.2, 0.25) is 5.95 Å². The molecule has 0 saturated heterocycles. The molecule has 1 N–H and O–H groups in total. The van der Waals surface area contributed by atoms with Gasteiger partial charge in [-0.05, 0) is 38.5 Å². The van der Waals surface area contributed by atoms with Crippen LogP contribution in [-0.4, -0.2) is 49.2 Å². The van der Waals surface area contributed by atoms with Gasteiger partial charge in [0.05, 0.1) is 12.7 Å². The molecule has 13 heteroatoms. The first-order valence-electron chi connectivity index (χ1n) is 9.27. The monoisotopic (exact) mass is 531 g/mol. The van der Waals surface area contributed by atoms with Crippen molar-refractivity contribution in [2.24, 2.45) is 0 Å². The maximum absolute atomic E-state index is 12.8. The second-order valence-corrected chi connectivity index (χ2v) is 9.51. The van der Waals surface area contributed by atoms with Crippen LogP contribution in [0.3, 0.4) is 0 Å². The van der Waals surface area contributed by atoms with Crippen molar-refractivity contribution in [2.75, 3.05) is 18.2 Å². The van der Waals surface area contributed by atoms with E-state index in [2.05, 4.69) is 47.0 Å². The van der Waals surface area contributed by atoms with Crippen LogP contribution in [0.4, 0.5) is 5.95 Å². The summed E-state index contributed by atoms with van der Waals surface area (Å²) in [4.78, 5) is 12.8. The molecule has 1 atom stereocenters. The standard InChI is InChI=1S/C19H14BrN7O3S2/c1-29-17(28)14-11(9-31-19-24-22-16(32-19)10-5-3-2-4-6-10)21-18-23-25-26-27(18)15(14)12-7-8-13(20)30-12/h2-8,15H,9H2,1H3,(H,21,23,26). The second kappa shape index (κ2) is 8.84. The van der Waals surface area contributed by atoms with Crippen LogP contribution < -0.4 is 5.32 Å². The smallest absolute Gasteiger partial charge is 0.338 e. The lowest BCUT2D eigenvalue weighted by molar-refractivity contribution is -0.136. The number of rotatable bonds is 6. The summed E-state index contributed by atoms with van der Waals surface area (Å²) in [7, 11) is 1.33. The van der Waals surface area contributed by atoms with Gasteiger partial charge in [0.25, 0.3) is 0 Å². The number of aromatic nitrogens is 6. The van der Waals surface area contributed by atoms with Crippen molar-refractivity contribution < 1.29 is 13.9 Å². The molecule has 1 unspecified atom stereocenters. The van der Waals surface area contributed by atoms with Gasteiger partial charge >= 0.3 is 5.97 Å². The molecule has 0 radical (unpaired) electrons. The Morgan fingerprint density at radius 2 is 2.09 bits per heavy atom. The maximum atomic E-state index is 12.8. The molecule has 0 saturated carbocycles. The molecule has 4 heterocycles. The summed E-state index contributed by atoms with van der Waals surface area (Å²) in [5.41, 5.74) is 1.97. The molecule has 3 aromatic heterocycles. The van der Waals surface area contributed by atoms with Crippen molar-refractivity contribution in [3.05, 3.63) is 64.2 Å². The summed E-state index contributed by atoms with van der Waals surface area (Å²) >= 11 is 6.24. The topological polar surface area (TPSA) is 121 Å². The highest BCUT2D eigenvalue weighted by Crippen LogP contribution is 2.38. The van der Waals surface area contributed by atoms with E-state index in [1.54, 1.807) is 12.1 Å². The van der Waals surface area contributed by atoms with Crippen LogP contribution in [0.15, 0.2) is 67.2 Å². The molecular formula is C19H14BrN7O3S2. The number of benzene rings is 1. The van der Waals surface area contributed by atoms with Crippen molar-refractivity contribution in [2.45, 2.75) is 10.4 Å². The van der Waals surface area contributed by atoms with Gasteiger partial charge in [-0.3, -0.25) is 0 Å². The summed E-state index contributed by atoms with van der Waals surface area (Å²) in [5, 5.41) is 24.3. The number of hydrogen-bond donors (Lipinski definition) is 1. The van der Waals surface area contributed by atoms with Crippen molar-refractivity contribution in [1.82, 2.24) is 30.4 Å². The predicted molar refractivity (Wildman–Crippen MR) is 121 cm³/mol. The SMILES string of the molecule is COC(=O)C1=C(CSc2nnc(-c3ccccc3)s2)Nc2nnnn2C1c1ccc(Br)o1. The van der Waals surface area contributed by atoms with E-state index in [-0.39, 0.29) is 0 Å². The Balaban J connectivity index is 1.47. The molecule has 4 aromatic rings. The first-order chi connectivity index (χ1) is 15.6. The molecule has 32 heavy (non-hydrogen) atoms. The van der Waals surface area contributed by atoms with E-state index in [1.807, 2.05) is 30.3 Å². The van der Waals surface area contributed by atoms with Crippen LogP contribution in [0, 0.1) is 0 Å². The van der Waals surface area contributed by atoms with Crippen LogP contribution in [-0.2, 0) is 9.53 Å². The Bertz CT molecular complexity index is 1300. The fourth-order valence-electron chi connectivity index (χ4n) is 3.24. The number of nitrogens with one attached hydrogen (secondary N) is 1. The largest absolute Gasteiger partial charge is 0.466 e. The molecule has 0 amide bonds. The highest BCUT2D eigenvalue weighted by molar-refractivity contribution is 9.10. The molecule has 1 aromatic carbocycles. The van der Waals surface area contributed by atoms with E-state index >= 15 is 0 Å². The average Bonchev–Trinajstić information content (AvgIpc) is 3.57. The number of anilines is 1. The van der Waals surface area contributed by atoms with Crippen LogP contribution in [0.1, 0.15) is 11.8 Å². The highest BCUT2D eigenvalue weighted by atomic mass is 79.9. The average molecular weight is 532 g/mol. The summed E-state index contributed by atoms with van der Waals surface area (Å²) in [6.45, 7) is 0. The first kappa shape index (κ1) is 20.8. The van der Waals surface area contributed by atoms with Gasteiger partial charge in [-0.25, -0.2) is 4.79 Å². The van der Waals surface area contributed by atoms with Gasteiger partial charge in [0.1, 0.15) is 16.8 Å². The van der Waals surface area contributed by atoms with Crippen LogP contribution in [0.25, 0.3) is 10.6 Å². The third-order valence-electron chi connectivity index (χ3n) is 4.63. The van der Waals surface area contributed by atoms with Crippen LogP contribution in [0.2, 0.25) is 0 Å². The van der Waals surface area contributed by atoms with Crippen molar-refractivity contribution >= 4 is 50.9 Å². The molecule has 0 aliphatic carbocycles. The molecule has 162 valence electrons. The number of esters is 1. The molecule has 1 aliphatic rings. The normalized spacial score (nSPS) is 15.4. The van der Waals surface area contributed by atoms with E-state index in [4.69, 9.17) is 9.15 Å². The maximum Gasteiger partial charge on any atom is 0.338 e. The van der Waals surface area contributed by atoms with Gasteiger partial charge in [0.15, 0.2) is 9.01 Å². The van der Waals surface area contributed by atoms with Gasteiger partial charge in [-0.2, -0.15) is 4.68 Å². The van der Waals surface area contributed by atoms with Crippen molar-refractivity contribution in [1.29, 1.82) is 0 Å². The zero-order valence-corrected chi connectivity index (χ0v) is 19.6. The number of carbonyl (C=O) groups excluding carboxylic acids is 1. The van der Waals surface area contributed by atoms with E-state index in [0.717, 1.165) is 14.9 Å². The number of nitrogens with zero attached hydrogens (tertiary/aromatic N) is 6. The number of thioether (sulfide) groups is 1. The van der Waals surface area contributed by atoms with Gasteiger partial charge in [0, 0.05) is 17.0 Å². The Labute approximate surface area is 198 Å². The number of furan rings is 1. The molecule has 0 bridgehead atoms. The predicted octanol–water partition coefficient (Wildman–Crippen LogP) is 3.78. The molecule has 5 rings (SSSR count). The Morgan fingerprint density at radius 1 is 1.25 bits per heavy atom. The number of carbonyl (C=O) groups is 1. The molecule has 1 aliphatic heterocycles. The minimum atomic E-state index is -0.676. The van der Waals surface area contributed by atoms with Crippen molar-refractivity contribution in [3.63, 3.8) is 0 Å². The summed E-state index contributed by atoms with van der Waals surface area (Å²) in [5.74, 6) is 0.790. The van der Waals surface area contributed by atoms with Gasteiger partial charge in [-0.1, -0.05) is 58.5 Å². The Kier molecular flexibility index (Phi) is 5.76. The lowest BCUT2D eigenvalue weighted by Gasteiger charge is -2.26. The minimum Gasteiger partial charge on any atom is -0.466 e. The molecular weight excluding hydrogens is 518 g/mol. The third-order valence-corrected chi connectivity index (χ3v) is 7.19. The van der Waals surface area contributed by atoms with E-state index in [1.165, 1.54) is 34.9 Å². The van der Waals surface area contributed by atoms with Crippen LogP contribution in [0.5, 0.6) is 0 Å². The third kappa shape index (κ3) is 3.94. The fraction of sp³-hybridized carbons (Fsp3) is 0.158. The van der Waals surface area contributed by atoms with Gasteiger partial charge in [-0.15, -0.1) is 10.2 Å². The zero-order valence-electron chi connectivity index (χ0n) is 16.4. The van der Waals surface area contributed by atoms with E-state index < -0.39 is 12.0 Å². The minimum absolute atomic E-state index is 0.356. The summed E-state index contributed by atoms with van der Waals surface area (Å²) in [6, 6.07) is 12.7. The first-order valence-corrected chi connectivity index (χ1v) is 11.9. The number of hydrogen-bond acceptors (Lipinski definition) is 11. The lowest BCUT2D eigenvalue weighted by atomic mass is 10.0. The Morgan fingerprint density at radius 3 is 2.84 bits per heavy atom. The summed E-state index contributed by atoms with van der Waals surface area (Å²) in [6.07, 6.45) is 0. The van der Waals surface area contributed by atoms with Gasteiger partial charge < -0.3 is 14.5 Å². The quantitative estimate of drug-likeness (QED) is 0.290. The zero-order chi connectivity index (χ0) is 22.1. The number of methoxy groups -OCH3 is 1. The van der Waals surface area contributed by atoms with Crippen LogP contribution >= 0.6 is 39.0 Å². The lowest BCUT2D eigenvalue weighted by Crippen LogP contribution is -2.30. The van der Waals surface area contributed by atoms with E-state index in [0.29, 0.717) is 33.4 Å². The van der Waals surface area contributed by atoms with Crippen molar-refractivity contribution in [3.8, 4) is 10.6 Å².